The molecule has 4 nitrogen and oxygen atoms in total. The molecule has 1 radical (unpaired) electrons. The molecular weight excluding hydrogens is 434 g/mol. The minimum absolute atomic E-state index is 0. The van der Waals surface area contributed by atoms with Gasteiger partial charge in [0.2, 0.25) is 5.91 Å². The summed E-state index contributed by atoms with van der Waals surface area (Å²) in [5.41, 5.74) is 0.350. The summed E-state index contributed by atoms with van der Waals surface area (Å²) in [5.74, 6) is 0.388. The van der Waals surface area contributed by atoms with Gasteiger partial charge in [0.15, 0.2) is 12.2 Å². The molecule has 0 fully saturated rings. The molecule has 0 saturated heterocycles. The number of halogens is 3. The van der Waals surface area contributed by atoms with Crippen LogP contribution in [0.2, 0.25) is 0 Å². The number of ether oxygens (including phenoxy) is 1. The fourth-order valence-corrected chi connectivity index (χ4v) is 1.90. The molecule has 27 heavy (non-hydrogen) atoms. The number of amides is 1. The average Bonchev–Trinajstić information content (AvgIpc) is 2.61. The van der Waals surface area contributed by atoms with Crippen LogP contribution in [0, 0.1) is 31.0 Å². The van der Waals surface area contributed by atoms with Gasteiger partial charge >= 0.3 is 0 Å². The summed E-state index contributed by atoms with van der Waals surface area (Å²) in [6.07, 6.45) is 0. The molecule has 0 aliphatic heterocycles. The molecule has 2 rings (SSSR count). The third kappa shape index (κ3) is 9.55. The van der Waals surface area contributed by atoms with E-state index in [9.17, 15) is 23.2 Å². The van der Waals surface area contributed by atoms with E-state index >= 15 is 0 Å². The minimum atomic E-state index is -3.08. The van der Waals surface area contributed by atoms with Gasteiger partial charge in [0.1, 0.15) is 12.4 Å². The Morgan fingerprint density at radius 3 is 2.33 bits per heavy atom. The Morgan fingerprint density at radius 2 is 1.81 bits per heavy atom. The molecule has 1 N–H and O–H groups in total. The average molecular weight is 451 g/mol. The molecule has 0 aromatic heterocycles. The van der Waals surface area contributed by atoms with Crippen LogP contribution in [-0.2, 0) is 32.7 Å². The summed E-state index contributed by atoms with van der Waals surface area (Å²) in [4.78, 5) is 12.2. The zero-order valence-electron chi connectivity index (χ0n) is 14.8. The van der Waals surface area contributed by atoms with Crippen LogP contribution in [0.5, 0.6) is 5.75 Å². The standard InChI is InChI=1S/C18H17N2O2.CF3.Y/c1-14-8-6-7-11-16(14)22-13-18(2,12-19)20-17(21)15-9-4-3-5-10-15;2-1(3)4;/h4-11H,13H2,1-2H3,(H,20,21);;/q2*-1;. The van der Waals surface area contributed by atoms with Crippen molar-refractivity contribution in [1.29, 1.82) is 5.26 Å². The van der Waals surface area contributed by atoms with Crippen LogP contribution in [-0.4, -0.2) is 18.1 Å². The van der Waals surface area contributed by atoms with Gasteiger partial charge < -0.3 is 23.2 Å². The van der Waals surface area contributed by atoms with Crippen molar-refractivity contribution in [2.45, 2.75) is 19.4 Å². The van der Waals surface area contributed by atoms with Crippen LogP contribution in [0.4, 0.5) is 13.2 Å². The van der Waals surface area contributed by atoms with E-state index in [2.05, 4.69) is 17.5 Å². The smallest absolute Gasteiger partial charge is 0.228 e. The number of para-hydroxylation sites is 1. The van der Waals surface area contributed by atoms with E-state index in [-0.39, 0.29) is 45.2 Å². The van der Waals surface area contributed by atoms with E-state index in [1.165, 1.54) is 0 Å². The van der Waals surface area contributed by atoms with Gasteiger partial charge in [-0.05, 0) is 25.5 Å². The van der Waals surface area contributed by atoms with Crippen molar-refractivity contribution in [2.24, 2.45) is 0 Å². The number of aryl methyl sites for hydroxylation is 1. The molecule has 8 heteroatoms. The van der Waals surface area contributed by atoms with E-state index in [1.807, 2.05) is 31.2 Å². The summed E-state index contributed by atoms with van der Waals surface area (Å²) in [7, 11) is 0. The van der Waals surface area contributed by atoms with E-state index in [0.29, 0.717) is 11.3 Å². The van der Waals surface area contributed by atoms with Crippen molar-refractivity contribution >= 4 is 5.91 Å². The largest absolute Gasteiger partial charge is 0.490 e. The number of nitrogens with zero attached hydrogens (tertiary/aromatic N) is 1. The summed E-state index contributed by atoms with van der Waals surface area (Å²) in [6.45, 7) is 0.551. The Hall–Kier alpha value is -1.91. The molecule has 0 spiro atoms. The number of nitriles is 1. The Labute approximate surface area is 181 Å². The van der Waals surface area contributed by atoms with Gasteiger partial charge in [-0.15, -0.1) is 0 Å². The van der Waals surface area contributed by atoms with Gasteiger partial charge in [0, 0.05) is 32.7 Å². The zero-order chi connectivity index (χ0) is 19.6. The van der Waals surface area contributed by atoms with Crippen LogP contribution in [0.1, 0.15) is 22.8 Å². The topological polar surface area (TPSA) is 62.1 Å². The second kappa shape index (κ2) is 12.5. The maximum absolute atomic E-state index is 12.2. The van der Waals surface area contributed by atoms with Crippen molar-refractivity contribution in [2.75, 3.05) is 6.61 Å². The van der Waals surface area contributed by atoms with Crippen molar-refractivity contribution in [3.8, 4) is 11.8 Å². The normalized spacial score (nSPS) is 11.7. The molecule has 0 heterocycles. The van der Waals surface area contributed by atoms with E-state index in [4.69, 9.17) is 4.74 Å². The monoisotopic (exact) mass is 451 g/mol. The fourth-order valence-electron chi connectivity index (χ4n) is 1.90. The number of benzene rings is 2. The molecule has 141 valence electrons. The first-order valence-electron chi connectivity index (χ1n) is 7.49. The second-order valence-electron chi connectivity index (χ2n) is 5.46. The molecule has 0 aliphatic rings. The predicted octanol–water partition coefficient (Wildman–Crippen LogP) is 4.23. The molecule has 0 saturated carbocycles. The van der Waals surface area contributed by atoms with E-state index in [1.54, 1.807) is 31.2 Å². The Bertz CT molecular complexity index is 751. The van der Waals surface area contributed by atoms with Gasteiger partial charge in [0.05, 0.1) is 6.07 Å². The van der Waals surface area contributed by atoms with Crippen LogP contribution in [0.15, 0.2) is 48.5 Å². The molecular formula is C19H17F3N2O2Y-2. The molecule has 0 bridgehead atoms. The SMILES string of the molecule is Cc1ccccc1OCC(C)(C#N)NC(=O)c1cc[c-]cc1.F[C-](F)F.[Y]. The first-order chi connectivity index (χ1) is 12.3. The molecule has 0 aliphatic carbocycles. The van der Waals surface area contributed by atoms with Crippen LogP contribution >= 0.6 is 0 Å². The van der Waals surface area contributed by atoms with Gasteiger partial charge in [-0.25, -0.2) is 0 Å². The van der Waals surface area contributed by atoms with Crippen molar-refractivity contribution in [3.05, 3.63) is 72.4 Å². The number of carbonyl (C=O) groups is 1. The summed E-state index contributed by atoms with van der Waals surface area (Å²) in [6, 6.07) is 19.1. The first kappa shape index (κ1) is 25.1. The van der Waals surface area contributed by atoms with Crippen LogP contribution in [0.25, 0.3) is 0 Å². The van der Waals surface area contributed by atoms with Gasteiger partial charge in [-0.2, -0.15) is 35.6 Å². The zero-order valence-corrected chi connectivity index (χ0v) is 17.6. The van der Waals surface area contributed by atoms with Crippen LogP contribution in [0.3, 0.4) is 0 Å². The molecule has 2 aromatic rings. The number of rotatable bonds is 5. The van der Waals surface area contributed by atoms with Crippen molar-refractivity contribution < 1.29 is 55.4 Å². The number of hydrogen-bond acceptors (Lipinski definition) is 3. The number of carbonyl (C=O) groups excluding carboxylic acids is 1. The Morgan fingerprint density at radius 1 is 1.26 bits per heavy atom. The Kier molecular flexibility index (Phi) is 11.6. The quantitative estimate of drug-likeness (QED) is 0.693. The predicted molar refractivity (Wildman–Crippen MR) is 90.0 cm³/mol. The molecule has 1 amide bonds. The summed E-state index contributed by atoms with van der Waals surface area (Å²) >= 11 is 0. The number of hydrogen-bond donors (Lipinski definition) is 1. The summed E-state index contributed by atoms with van der Waals surface area (Å²) in [5, 5.41) is 12.1. The van der Waals surface area contributed by atoms with E-state index in [0.717, 1.165) is 5.56 Å². The Balaban J connectivity index is 0.00000123. The summed E-state index contributed by atoms with van der Waals surface area (Å²) < 4.78 is 34.4. The molecule has 2 aromatic carbocycles. The molecule has 1 unspecified atom stereocenters. The third-order valence-corrected chi connectivity index (χ3v) is 3.23. The minimum Gasteiger partial charge on any atom is -0.490 e. The van der Waals surface area contributed by atoms with Gasteiger partial charge in [-0.1, -0.05) is 23.8 Å². The van der Waals surface area contributed by atoms with E-state index < -0.39 is 12.2 Å². The third-order valence-electron chi connectivity index (χ3n) is 3.23. The fraction of sp³-hybridized carbons (Fsp3) is 0.211. The first-order valence-corrected chi connectivity index (χ1v) is 7.49. The maximum atomic E-state index is 12.2. The van der Waals surface area contributed by atoms with Gasteiger partial charge in [-0.3, -0.25) is 4.79 Å². The van der Waals surface area contributed by atoms with Gasteiger partial charge in [0.25, 0.3) is 0 Å². The molecule has 1 atom stereocenters. The van der Waals surface area contributed by atoms with Crippen molar-refractivity contribution in [1.82, 2.24) is 5.32 Å². The van der Waals surface area contributed by atoms with Crippen LogP contribution < -0.4 is 10.1 Å². The second-order valence-corrected chi connectivity index (χ2v) is 5.46. The van der Waals surface area contributed by atoms with Crippen molar-refractivity contribution in [3.63, 3.8) is 0 Å². The maximum Gasteiger partial charge on any atom is 0.228 e. The number of nitrogens with one attached hydrogen (secondary N) is 1.